The maximum absolute atomic E-state index is 7.73. The highest BCUT2D eigenvalue weighted by Gasteiger charge is 2.63. The summed E-state index contributed by atoms with van der Waals surface area (Å²) < 4.78 is 0. The van der Waals surface area contributed by atoms with Crippen molar-refractivity contribution in [2.75, 3.05) is 0 Å². The highest BCUT2D eigenvalue weighted by Crippen LogP contribution is 3.50. The van der Waals surface area contributed by atoms with Crippen LogP contribution in [0.15, 0.2) is 0 Å². The van der Waals surface area contributed by atoms with Crippen molar-refractivity contribution in [2.24, 2.45) is 0 Å². The van der Waals surface area contributed by atoms with E-state index in [0.717, 1.165) is 0 Å². The first-order valence-electron chi connectivity index (χ1n) is 16.4. The lowest BCUT2D eigenvalue weighted by Gasteiger charge is -2.62. The van der Waals surface area contributed by atoms with E-state index in [0.29, 0.717) is 0 Å². The third-order valence-corrected chi connectivity index (χ3v) is 483. The molecule has 0 spiro atoms. The molecule has 72 heavy (non-hydrogen) atoms. The fourth-order valence-electron chi connectivity index (χ4n) is 4.31. The largest absolute Gasteiger partial charge is 0.169 e. The second kappa shape index (κ2) is 54.7. The minimum absolute atomic E-state index is 0.367. The van der Waals surface area contributed by atoms with Crippen LogP contribution in [0.1, 0.15) is 0 Å². The Morgan fingerprint density at radius 1 is 0.139 bits per heavy atom. The van der Waals surface area contributed by atoms with Gasteiger partial charge in [-0.3, -0.25) is 0 Å². The van der Waals surface area contributed by atoms with E-state index in [1.165, 1.54) is 0 Å². The van der Waals surface area contributed by atoms with Gasteiger partial charge in [0.2, 0.25) is 0 Å². The Morgan fingerprint density at radius 2 is 0.264 bits per heavy atom. The topological polar surface area (TPSA) is 0 Å². The Kier molecular flexibility index (Phi) is 76.8. The van der Waals surface area contributed by atoms with E-state index >= 15 is 0 Å². The van der Waals surface area contributed by atoms with Crippen molar-refractivity contribution in [2.45, 2.75) is 0 Å². The first-order valence-corrected chi connectivity index (χ1v) is 139. The predicted molar refractivity (Wildman–Crippen MR) is 582 cm³/mol. The van der Waals surface area contributed by atoms with Crippen LogP contribution < -0.4 is 0 Å². The lowest BCUT2D eigenvalue weighted by molar-refractivity contribution is 4.30. The molecule has 0 aliphatic rings. The van der Waals surface area contributed by atoms with Crippen LogP contribution in [0.2, 0.25) is 0 Å². The van der Waals surface area contributed by atoms with E-state index in [1.807, 2.05) is 0 Å². The third-order valence-electron chi connectivity index (χ3n) is 6.33. The fraction of sp³-hybridized carbons (Fsp3) is 0. The molecular weight excluding hydrogens is 2130 g/mol. The SMILES string of the molecule is [B]P([B])P(P)P(P(P)P)P(P(P(P([B])[B])P([B])P)P(P(P)P)P(P)P)P(P(P(P(P)P)P(P)P)P(P(P)P)P(P)P)P(P(P(P(P)P)P(P)P)P(P(P)P)P(P)P)P(P(P(P)P)P(P)P)P(P(P)P)P(P)P. The van der Waals surface area contributed by atoms with Crippen LogP contribution in [0.5, 0.6) is 0 Å². The van der Waals surface area contributed by atoms with Crippen molar-refractivity contribution in [3.8, 4) is 0 Å². The van der Waals surface area contributed by atoms with Crippen LogP contribution in [0.25, 0.3) is 0 Å². The molecule has 0 aromatic carbocycles. The number of hydrogen-bond donors (Lipinski definition) is 0. The highest BCUT2D eigenvalue weighted by atomic mass is 33.6. The van der Waals surface area contributed by atoms with Crippen molar-refractivity contribution in [3.63, 3.8) is 0 Å². The van der Waals surface area contributed by atoms with Crippen molar-refractivity contribution in [1.82, 2.24) is 0 Å². The van der Waals surface area contributed by atoms with Crippen molar-refractivity contribution in [1.29, 1.82) is 0 Å². The molecular formula is H64B5P67. The Hall–Kier alpha value is 29.1. The molecule has 0 fully saturated rings. The molecule has 0 aromatic rings. The summed E-state index contributed by atoms with van der Waals surface area (Å²) in [5.74, 6) is 0. The van der Waals surface area contributed by atoms with Crippen LogP contribution in [0.3, 0.4) is 0 Å². The summed E-state index contributed by atoms with van der Waals surface area (Å²) in [4.78, 5) is 0. The summed E-state index contributed by atoms with van der Waals surface area (Å²) in [5, 5.41) is 0. The maximum Gasteiger partial charge on any atom is 0.121 e. The number of rotatable bonds is 34. The van der Waals surface area contributed by atoms with Crippen LogP contribution in [-0.2, 0) is 0 Å². The smallest absolute Gasteiger partial charge is 0.121 e. The maximum atomic E-state index is 7.73. The lowest BCUT2D eigenvalue weighted by atomic mass is 10.7. The van der Waals surface area contributed by atoms with Crippen LogP contribution >= 0.6 is 531 Å². The minimum Gasteiger partial charge on any atom is -0.169 e. The molecule has 0 amide bonds. The first-order chi connectivity index (χ1) is 32.7. The molecule has 39 unspecified atom stereocenters. The molecule has 39 atom stereocenters. The molecule has 72 heteroatoms. The van der Waals surface area contributed by atoms with E-state index in [2.05, 4.69) is 286 Å². The summed E-state index contributed by atoms with van der Waals surface area (Å²) >= 11 is 0. The molecule has 0 N–H and O–H groups in total. The molecule has 10 radical (unpaired) electrons. The van der Waals surface area contributed by atoms with Gasteiger partial charge in [-0.25, -0.2) is 0 Å². The molecule has 0 saturated carbocycles. The summed E-state index contributed by atoms with van der Waals surface area (Å²) in [6, 6.07) is 0. The van der Waals surface area contributed by atoms with Gasteiger partial charge in [0.1, 0.15) is 37.8 Å². The van der Waals surface area contributed by atoms with Crippen LogP contribution in [0, 0.1) is 0 Å². The zero-order valence-corrected chi connectivity index (χ0v) is 105. The van der Waals surface area contributed by atoms with E-state index in [4.69, 9.17) is 37.8 Å². The van der Waals surface area contributed by atoms with Gasteiger partial charge in [-0.1, -0.05) is 0 Å². The highest BCUT2D eigenvalue weighted by molar-refractivity contribution is 9.56. The van der Waals surface area contributed by atoms with Gasteiger partial charge < -0.3 is 0 Å². The molecule has 0 aliphatic heterocycles. The lowest BCUT2D eigenvalue weighted by Crippen LogP contribution is -1.77. The fourth-order valence-corrected chi connectivity index (χ4v) is 987. The van der Waals surface area contributed by atoms with Crippen molar-refractivity contribution >= 4 is 569 Å². The molecule has 0 saturated heterocycles. The van der Waals surface area contributed by atoms with E-state index in [9.17, 15) is 0 Å². The van der Waals surface area contributed by atoms with Gasteiger partial charge in [-0.05, 0) is 224 Å². The van der Waals surface area contributed by atoms with E-state index in [-0.39, 0.29) is 27.9 Å². The molecule has 0 bridgehead atoms. The second-order valence-corrected chi connectivity index (χ2v) is 289. The van der Waals surface area contributed by atoms with Gasteiger partial charge in [0.05, 0.1) is 0 Å². The van der Waals surface area contributed by atoms with Gasteiger partial charge >= 0.3 is 0 Å². The summed E-state index contributed by atoms with van der Waals surface area (Å²) in [6.07, 6.45) is 0. The van der Waals surface area contributed by atoms with Gasteiger partial charge in [0.15, 0.2) is 0 Å². The average Bonchev–Trinajstić information content (AvgIpc) is 3.15. The van der Waals surface area contributed by atoms with Crippen molar-refractivity contribution in [3.05, 3.63) is 0 Å². The zero-order chi connectivity index (χ0) is 57.2. The number of hydrogen-bond acceptors (Lipinski definition) is 0. The van der Waals surface area contributed by atoms with Crippen LogP contribution in [-0.4, -0.2) is 37.8 Å². The predicted octanol–water partition coefficient (Wildman–Crippen LogP) is 38.7. The molecule has 414 valence electrons. The van der Waals surface area contributed by atoms with Gasteiger partial charge in [0, 0.05) is 0 Å². The Bertz CT molecular complexity index is 1210. The standard InChI is InChI=1S/B5H64P67/c1-38(2)56(37)65(55(35)36)70(66(57(39(3)4)40(5)6)58(41(7)8)42(9)10)72(69(63(51(27)28)52(29)30)64(53(31)32)54(33)34)71(67(59(43(11)12)44(13)14)60(45(15)16)46(17)18)68(61(47(19)20)48(21)22)62(49(23)24)50(25)26/h6-37H2. The summed E-state index contributed by atoms with van der Waals surface area (Å²) in [5.41, 5.74) is 0. The monoisotopic (exact) mass is 2190 g/mol. The molecule has 0 aliphatic carbocycles. The third kappa shape index (κ3) is 35.0. The average molecular weight is 2190 g/mol. The molecule has 0 aromatic heterocycles. The normalized spacial score (nSPS) is 17.2. The van der Waals surface area contributed by atoms with E-state index in [1.54, 1.807) is 0 Å². The molecule has 0 heterocycles. The first kappa shape index (κ1) is 101. The quantitative estimate of drug-likeness (QED) is 0.0445. The zero-order valence-electron chi connectivity index (χ0n) is 37.0. The summed E-state index contributed by atoms with van der Waals surface area (Å²) in [6.45, 7) is -15.4. The van der Waals surface area contributed by atoms with Gasteiger partial charge in [0.25, 0.3) is 0 Å². The molecule has 0 rings (SSSR count). The Labute approximate surface area is 560 Å². The van der Waals surface area contributed by atoms with E-state index < -0.39 is 218 Å². The van der Waals surface area contributed by atoms with Gasteiger partial charge in [-0.15, -0.1) is 293 Å². The Balaban J connectivity index is 11.9. The Morgan fingerprint density at radius 3 is 0.375 bits per heavy atom. The second-order valence-electron chi connectivity index (χ2n) is 11.5. The van der Waals surface area contributed by atoms with Crippen molar-refractivity contribution < 1.29 is 0 Å². The summed E-state index contributed by atoms with van der Waals surface area (Å²) in [7, 11) is 148. The molecule has 0 nitrogen and oxygen atoms in total. The minimum atomic E-state index is -1.28. The van der Waals surface area contributed by atoms with Crippen LogP contribution in [0.4, 0.5) is 0 Å². The van der Waals surface area contributed by atoms with Gasteiger partial charge in [-0.2, -0.15) is 14.7 Å².